The molecule has 0 spiro atoms. The van der Waals surface area contributed by atoms with E-state index < -0.39 is 0 Å². The Bertz CT molecular complexity index is 594. The van der Waals surface area contributed by atoms with Crippen LogP contribution in [-0.4, -0.2) is 23.1 Å². The molecule has 6 N–H and O–H groups in total. The fourth-order valence-corrected chi connectivity index (χ4v) is 1.46. The van der Waals surface area contributed by atoms with Gasteiger partial charge in [0.25, 0.3) is 5.56 Å². The quantitative estimate of drug-likeness (QED) is 0.619. The van der Waals surface area contributed by atoms with E-state index in [2.05, 4.69) is 15.3 Å². The highest BCUT2D eigenvalue weighted by atomic mass is 16.5. The Balaban J connectivity index is 2.11. The zero-order valence-electron chi connectivity index (χ0n) is 10.2. The molecule has 2 rings (SSSR count). The van der Waals surface area contributed by atoms with E-state index in [0.717, 1.165) is 11.4 Å². The molecule has 19 heavy (non-hydrogen) atoms. The van der Waals surface area contributed by atoms with Gasteiger partial charge in [0, 0.05) is 12.2 Å². The van der Waals surface area contributed by atoms with Gasteiger partial charge in [0.2, 0.25) is 0 Å². The summed E-state index contributed by atoms with van der Waals surface area (Å²) in [7, 11) is 0. The standard InChI is InChI=1S/C12H15N5O2/c13-5-6-19-9-3-1-8(2-4-9)17-11-10(14)12(18)16-7-15-11/h1-4,7H,5-6,13-14H2,(H2,15,16,17,18). The zero-order chi connectivity index (χ0) is 13.7. The molecule has 0 saturated carbocycles. The van der Waals surface area contributed by atoms with E-state index in [9.17, 15) is 4.79 Å². The van der Waals surface area contributed by atoms with E-state index in [1.807, 2.05) is 0 Å². The van der Waals surface area contributed by atoms with E-state index >= 15 is 0 Å². The minimum atomic E-state index is -0.375. The Hall–Kier alpha value is -2.54. The summed E-state index contributed by atoms with van der Waals surface area (Å²) in [5, 5.41) is 2.96. The molecule has 1 aromatic carbocycles. The number of hydrogen-bond acceptors (Lipinski definition) is 6. The van der Waals surface area contributed by atoms with Crippen molar-refractivity contribution in [3.8, 4) is 5.75 Å². The summed E-state index contributed by atoms with van der Waals surface area (Å²) in [4.78, 5) is 17.7. The Morgan fingerprint density at radius 3 is 2.74 bits per heavy atom. The number of hydrogen-bond donors (Lipinski definition) is 4. The maximum Gasteiger partial charge on any atom is 0.276 e. The molecular weight excluding hydrogens is 246 g/mol. The van der Waals surface area contributed by atoms with Crippen molar-refractivity contribution in [1.29, 1.82) is 0 Å². The number of aromatic nitrogens is 2. The van der Waals surface area contributed by atoms with Crippen LogP contribution in [0.25, 0.3) is 0 Å². The average molecular weight is 261 g/mol. The maximum atomic E-state index is 11.3. The fourth-order valence-electron chi connectivity index (χ4n) is 1.46. The number of rotatable bonds is 5. The summed E-state index contributed by atoms with van der Waals surface area (Å²) in [6, 6.07) is 7.19. The third kappa shape index (κ3) is 3.23. The van der Waals surface area contributed by atoms with Crippen LogP contribution in [0.4, 0.5) is 17.2 Å². The summed E-state index contributed by atoms with van der Waals surface area (Å²) in [5.74, 6) is 1.04. The van der Waals surface area contributed by atoms with E-state index in [-0.39, 0.29) is 11.2 Å². The van der Waals surface area contributed by atoms with Gasteiger partial charge in [0.15, 0.2) is 5.82 Å². The molecule has 0 bridgehead atoms. The molecule has 7 nitrogen and oxygen atoms in total. The van der Waals surface area contributed by atoms with Gasteiger partial charge in [0.1, 0.15) is 18.0 Å². The normalized spacial score (nSPS) is 10.2. The molecule has 100 valence electrons. The Morgan fingerprint density at radius 1 is 1.32 bits per heavy atom. The third-order valence-electron chi connectivity index (χ3n) is 2.39. The zero-order valence-corrected chi connectivity index (χ0v) is 10.2. The number of benzene rings is 1. The number of nitrogens with zero attached hydrogens (tertiary/aromatic N) is 1. The van der Waals surface area contributed by atoms with Gasteiger partial charge in [-0.05, 0) is 24.3 Å². The topological polar surface area (TPSA) is 119 Å². The first kappa shape index (κ1) is 12.9. The molecular formula is C12H15N5O2. The smallest absolute Gasteiger partial charge is 0.276 e. The van der Waals surface area contributed by atoms with Gasteiger partial charge in [-0.3, -0.25) is 4.79 Å². The van der Waals surface area contributed by atoms with Gasteiger partial charge in [0.05, 0.1) is 6.33 Å². The second kappa shape index (κ2) is 5.87. The van der Waals surface area contributed by atoms with Gasteiger partial charge >= 0.3 is 0 Å². The van der Waals surface area contributed by atoms with Crippen molar-refractivity contribution < 1.29 is 4.74 Å². The van der Waals surface area contributed by atoms with Crippen molar-refractivity contribution in [2.75, 3.05) is 24.2 Å². The summed E-state index contributed by atoms with van der Waals surface area (Å²) >= 11 is 0. The van der Waals surface area contributed by atoms with Crippen LogP contribution in [0, 0.1) is 0 Å². The Kier molecular flexibility index (Phi) is 3.99. The fraction of sp³-hybridized carbons (Fsp3) is 0.167. The number of H-pyrrole nitrogens is 1. The van der Waals surface area contributed by atoms with Crippen molar-refractivity contribution in [3.05, 3.63) is 40.9 Å². The first-order valence-corrected chi connectivity index (χ1v) is 5.74. The molecule has 0 amide bonds. The highest BCUT2D eigenvalue weighted by Gasteiger charge is 2.04. The van der Waals surface area contributed by atoms with Gasteiger partial charge in [-0.1, -0.05) is 0 Å². The third-order valence-corrected chi connectivity index (χ3v) is 2.39. The number of anilines is 3. The van der Waals surface area contributed by atoms with Gasteiger partial charge < -0.3 is 26.5 Å². The predicted octanol–water partition coefficient (Wildman–Crippen LogP) is 0.433. The molecule has 0 aliphatic carbocycles. The lowest BCUT2D eigenvalue weighted by molar-refractivity contribution is 0.328. The van der Waals surface area contributed by atoms with Gasteiger partial charge in [-0.25, -0.2) is 4.98 Å². The van der Waals surface area contributed by atoms with Crippen molar-refractivity contribution in [2.45, 2.75) is 0 Å². The number of ether oxygens (including phenoxy) is 1. The first-order chi connectivity index (χ1) is 9.20. The summed E-state index contributed by atoms with van der Waals surface area (Å²) in [6.45, 7) is 0.933. The number of nitrogens with two attached hydrogens (primary N) is 2. The highest BCUT2D eigenvalue weighted by Crippen LogP contribution is 2.20. The van der Waals surface area contributed by atoms with Crippen molar-refractivity contribution in [2.24, 2.45) is 5.73 Å². The van der Waals surface area contributed by atoms with E-state index in [1.54, 1.807) is 24.3 Å². The average Bonchev–Trinajstić information content (AvgIpc) is 2.43. The maximum absolute atomic E-state index is 11.3. The van der Waals surface area contributed by atoms with Crippen molar-refractivity contribution in [1.82, 2.24) is 9.97 Å². The molecule has 0 saturated heterocycles. The largest absolute Gasteiger partial charge is 0.492 e. The summed E-state index contributed by atoms with van der Waals surface area (Å²) < 4.78 is 5.36. The molecule has 0 radical (unpaired) electrons. The minimum absolute atomic E-state index is 0.0472. The molecule has 7 heteroatoms. The van der Waals surface area contributed by atoms with Crippen LogP contribution in [0.5, 0.6) is 5.75 Å². The van der Waals surface area contributed by atoms with E-state index in [1.165, 1.54) is 6.33 Å². The van der Waals surface area contributed by atoms with Gasteiger partial charge in [-0.15, -0.1) is 0 Å². The van der Waals surface area contributed by atoms with E-state index in [4.69, 9.17) is 16.2 Å². The van der Waals surface area contributed by atoms with Crippen LogP contribution in [0.1, 0.15) is 0 Å². The van der Waals surface area contributed by atoms with Crippen LogP contribution in [-0.2, 0) is 0 Å². The lowest BCUT2D eigenvalue weighted by Gasteiger charge is -2.08. The molecule has 0 aliphatic heterocycles. The highest BCUT2D eigenvalue weighted by molar-refractivity contribution is 5.67. The molecule has 1 heterocycles. The molecule has 0 atom stereocenters. The summed E-state index contributed by atoms with van der Waals surface area (Å²) in [5.41, 5.74) is 11.4. The van der Waals surface area contributed by atoms with Crippen LogP contribution in [0.2, 0.25) is 0 Å². The van der Waals surface area contributed by atoms with Crippen LogP contribution < -0.4 is 27.1 Å². The lowest BCUT2D eigenvalue weighted by atomic mass is 10.3. The second-order valence-corrected chi connectivity index (χ2v) is 3.78. The molecule has 2 aromatic rings. The number of aromatic amines is 1. The van der Waals surface area contributed by atoms with Crippen molar-refractivity contribution in [3.63, 3.8) is 0 Å². The first-order valence-electron chi connectivity index (χ1n) is 5.74. The molecule has 1 aromatic heterocycles. The van der Waals surface area contributed by atoms with Crippen LogP contribution in [0.3, 0.4) is 0 Å². The van der Waals surface area contributed by atoms with Crippen molar-refractivity contribution >= 4 is 17.2 Å². The molecule has 0 unspecified atom stereocenters. The monoisotopic (exact) mass is 261 g/mol. The molecule has 0 fully saturated rings. The minimum Gasteiger partial charge on any atom is -0.492 e. The SMILES string of the molecule is NCCOc1ccc(Nc2nc[nH]c(=O)c2N)cc1. The molecule has 0 aliphatic rings. The van der Waals surface area contributed by atoms with Gasteiger partial charge in [-0.2, -0.15) is 0 Å². The van der Waals surface area contributed by atoms with Crippen LogP contribution >= 0.6 is 0 Å². The number of nitrogen functional groups attached to an aromatic ring is 1. The van der Waals surface area contributed by atoms with Crippen LogP contribution in [0.15, 0.2) is 35.4 Å². The second-order valence-electron chi connectivity index (χ2n) is 3.78. The Labute approximate surface area is 109 Å². The predicted molar refractivity (Wildman–Crippen MR) is 73.5 cm³/mol. The summed E-state index contributed by atoms with van der Waals surface area (Å²) in [6.07, 6.45) is 1.29. The number of nitrogens with one attached hydrogen (secondary N) is 2. The van der Waals surface area contributed by atoms with E-state index in [0.29, 0.717) is 19.0 Å². The Morgan fingerprint density at radius 2 is 2.05 bits per heavy atom. The lowest BCUT2D eigenvalue weighted by Crippen LogP contribution is -2.14.